The normalized spacial score (nSPS) is 23.7. The Balaban J connectivity index is 1.89. The summed E-state index contributed by atoms with van der Waals surface area (Å²) in [6.45, 7) is 3.45. The number of nitrogens with one attached hydrogen (secondary N) is 1. The Labute approximate surface area is 118 Å². The van der Waals surface area contributed by atoms with E-state index < -0.39 is 0 Å². The quantitative estimate of drug-likeness (QED) is 0.870. The van der Waals surface area contributed by atoms with Gasteiger partial charge in [0.05, 0.1) is 11.6 Å². The maximum atomic E-state index is 5.31. The maximum Gasteiger partial charge on any atom is 0.135 e. The van der Waals surface area contributed by atoms with Gasteiger partial charge in [-0.15, -0.1) is 0 Å². The third-order valence-corrected chi connectivity index (χ3v) is 4.45. The summed E-state index contributed by atoms with van der Waals surface area (Å²) in [5, 5.41) is 3.54. The van der Waals surface area contributed by atoms with Gasteiger partial charge in [0, 0.05) is 18.3 Å². The zero-order valence-electron chi connectivity index (χ0n) is 11.2. The molecular weight excluding hydrogens is 290 g/mol. The number of rotatable bonds is 4. The van der Waals surface area contributed by atoms with Crippen LogP contribution in [0.2, 0.25) is 0 Å². The molecule has 0 heterocycles. The highest BCUT2D eigenvalue weighted by Crippen LogP contribution is 2.30. The number of benzene rings is 1. The topological polar surface area (TPSA) is 21.3 Å². The van der Waals surface area contributed by atoms with E-state index in [0.717, 1.165) is 34.3 Å². The van der Waals surface area contributed by atoms with Crippen LogP contribution in [-0.2, 0) is 0 Å². The molecule has 1 aliphatic carbocycles. The lowest BCUT2D eigenvalue weighted by atomic mass is 9.82. The second-order valence-corrected chi connectivity index (χ2v) is 6.22. The molecule has 0 radical (unpaired) electrons. The van der Waals surface area contributed by atoms with Gasteiger partial charge < -0.3 is 10.1 Å². The number of ether oxygens (including phenoxy) is 1. The molecule has 1 aromatic carbocycles. The van der Waals surface area contributed by atoms with Crippen molar-refractivity contribution in [1.82, 2.24) is 0 Å². The molecule has 2 nitrogen and oxygen atoms in total. The summed E-state index contributed by atoms with van der Waals surface area (Å²) in [5.74, 6) is 2.60. The SMILES string of the molecule is COc1cc(NCC2CCCC(C)C2)ccc1Br. The molecular formula is C15H22BrNO. The van der Waals surface area contributed by atoms with Gasteiger partial charge in [0.15, 0.2) is 0 Å². The van der Waals surface area contributed by atoms with E-state index in [1.165, 1.54) is 25.7 Å². The van der Waals surface area contributed by atoms with E-state index >= 15 is 0 Å². The molecule has 3 heteroatoms. The summed E-state index contributed by atoms with van der Waals surface area (Å²) in [6, 6.07) is 6.18. The second kappa shape index (κ2) is 6.46. The van der Waals surface area contributed by atoms with Gasteiger partial charge in [-0.3, -0.25) is 0 Å². The van der Waals surface area contributed by atoms with Crippen LogP contribution in [0.1, 0.15) is 32.6 Å². The van der Waals surface area contributed by atoms with Crippen molar-refractivity contribution in [3.8, 4) is 5.75 Å². The van der Waals surface area contributed by atoms with Gasteiger partial charge >= 0.3 is 0 Å². The molecule has 1 fully saturated rings. The molecule has 0 amide bonds. The van der Waals surface area contributed by atoms with E-state index in [1.807, 2.05) is 6.07 Å². The summed E-state index contributed by atoms with van der Waals surface area (Å²) >= 11 is 3.47. The summed E-state index contributed by atoms with van der Waals surface area (Å²) < 4.78 is 6.31. The number of hydrogen-bond acceptors (Lipinski definition) is 2. The molecule has 2 atom stereocenters. The first kappa shape index (κ1) is 13.7. The van der Waals surface area contributed by atoms with E-state index in [1.54, 1.807) is 7.11 Å². The Kier molecular flexibility index (Phi) is 4.93. The zero-order chi connectivity index (χ0) is 13.0. The highest BCUT2D eigenvalue weighted by molar-refractivity contribution is 9.10. The second-order valence-electron chi connectivity index (χ2n) is 5.37. The maximum absolute atomic E-state index is 5.31. The van der Waals surface area contributed by atoms with Crippen molar-refractivity contribution in [2.75, 3.05) is 19.0 Å². The highest BCUT2D eigenvalue weighted by Gasteiger charge is 2.18. The van der Waals surface area contributed by atoms with Crippen molar-refractivity contribution in [3.63, 3.8) is 0 Å². The van der Waals surface area contributed by atoms with Crippen LogP contribution in [0.25, 0.3) is 0 Å². The van der Waals surface area contributed by atoms with Crippen molar-refractivity contribution in [1.29, 1.82) is 0 Å². The monoisotopic (exact) mass is 311 g/mol. The summed E-state index contributed by atoms with van der Waals surface area (Å²) in [5.41, 5.74) is 1.15. The molecule has 100 valence electrons. The molecule has 2 unspecified atom stereocenters. The van der Waals surface area contributed by atoms with E-state index in [-0.39, 0.29) is 0 Å². The van der Waals surface area contributed by atoms with E-state index in [9.17, 15) is 0 Å². The molecule has 1 saturated carbocycles. The van der Waals surface area contributed by atoms with Crippen molar-refractivity contribution in [3.05, 3.63) is 22.7 Å². The lowest BCUT2D eigenvalue weighted by molar-refractivity contribution is 0.293. The molecule has 0 aliphatic heterocycles. The van der Waals surface area contributed by atoms with Crippen molar-refractivity contribution in [2.45, 2.75) is 32.6 Å². The van der Waals surface area contributed by atoms with E-state index in [0.29, 0.717) is 0 Å². The molecule has 1 aromatic rings. The fourth-order valence-corrected chi connectivity index (χ4v) is 3.19. The smallest absolute Gasteiger partial charge is 0.135 e. The summed E-state index contributed by atoms with van der Waals surface area (Å²) in [7, 11) is 1.70. The van der Waals surface area contributed by atoms with Gasteiger partial charge in [0.2, 0.25) is 0 Å². The first-order chi connectivity index (χ1) is 8.69. The average Bonchev–Trinajstić information content (AvgIpc) is 2.38. The number of hydrogen-bond donors (Lipinski definition) is 1. The lowest BCUT2D eigenvalue weighted by Gasteiger charge is -2.27. The number of anilines is 1. The van der Waals surface area contributed by atoms with Gasteiger partial charge in [-0.05, 0) is 52.7 Å². The van der Waals surface area contributed by atoms with Gasteiger partial charge in [0.25, 0.3) is 0 Å². The molecule has 0 aromatic heterocycles. The minimum atomic E-state index is 0.823. The fourth-order valence-electron chi connectivity index (χ4n) is 2.78. The van der Waals surface area contributed by atoms with Crippen LogP contribution in [-0.4, -0.2) is 13.7 Å². The molecule has 2 rings (SSSR count). The predicted molar refractivity (Wildman–Crippen MR) is 80.3 cm³/mol. The van der Waals surface area contributed by atoms with Crippen LogP contribution >= 0.6 is 15.9 Å². The Hall–Kier alpha value is -0.700. The molecule has 1 N–H and O–H groups in total. The third-order valence-electron chi connectivity index (χ3n) is 3.79. The molecule has 18 heavy (non-hydrogen) atoms. The molecule has 1 aliphatic rings. The Bertz CT molecular complexity index is 394. The fraction of sp³-hybridized carbons (Fsp3) is 0.600. The summed E-state index contributed by atoms with van der Waals surface area (Å²) in [4.78, 5) is 0. The van der Waals surface area contributed by atoms with Crippen LogP contribution in [0.3, 0.4) is 0 Å². The standard InChI is InChI=1S/C15H22BrNO/c1-11-4-3-5-12(8-11)10-17-13-6-7-14(16)15(9-13)18-2/h6-7,9,11-12,17H,3-5,8,10H2,1-2H3. The van der Waals surface area contributed by atoms with Crippen LogP contribution < -0.4 is 10.1 Å². The van der Waals surface area contributed by atoms with Crippen molar-refractivity contribution in [2.24, 2.45) is 11.8 Å². The number of halogens is 1. The first-order valence-corrected chi connectivity index (χ1v) is 7.55. The van der Waals surface area contributed by atoms with Crippen molar-refractivity contribution >= 4 is 21.6 Å². The van der Waals surface area contributed by atoms with Crippen LogP contribution in [0.15, 0.2) is 22.7 Å². The van der Waals surface area contributed by atoms with Crippen molar-refractivity contribution < 1.29 is 4.74 Å². The third kappa shape index (κ3) is 3.64. The Morgan fingerprint density at radius 2 is 2.22 bits per heavy atom. The zero-order valence-corrected chi connectivity index (χ0v) is 12.8. The van der Waals surface area contributed by atoms with E-state index in [4.69, 9.17) is 4.74 Å². The Morgan fingerprint density at radius 1 is 1.39 bits per heavy atom. The largest absolute Gasteiger partial charge is 0.495 e. The first-order valence-electron chi connectivity index (χ1n) is 6.76. The molecule has 0 spiro atoms. The van der Waals surface area contributed by atoms with Crippen LogP contribution in [0.4, 0.5) is 5.69 Å². The molecule has 0 saturated heterocycles. The molecule has 0 bridgehead atoms. The highest BCUT2D eigenvalue weighted by atomic mass is 79.9. The minimum absolute atomic E-state index is 0.823. The van der Waals surface area contributed by atoms with Gasteiger partial charge in [-0.2, -0.15) is 0 Å². The van der Waals surface area contributed by atoms with Gasteiger partial charge in [0.1, 0.15) is 5.75 Å². The summed E-state index contributed by atoms with van der Waals surface area (Å²) in [6.07, 6.45) is 5.52. The van der Waals surface area contributed by atoms with Crippen LogP contribution in [0, 0.1) is 11.8 Å². The average molecular weight is 312 g/mol. The van der Waals surface area contributed by atoms with Gasteiger partial charge in [-0.1, -0.05) is 19.8 Å². The lowest BCUT2D eigenvalue weighted by Crippen LogP contribution is -2.20. The van der Waals surface area contributed by atoms with Crippen LogP contribution in [0.5, 0.6) is 5.75 Å². The Morgan fingerprint density at radius 3 is 2.94 bits per heavy atom. The van der Waals surface area contributed by atoms with Gasteiger partial charge in [-0.25, -0.2) is 0 Å². The minimum Gasteiger partial charge on any atom is -0.495 e. The predicted octanol–water partition coefficient (Wildman–Crippen LogP) is 4.70. The number of methoxy groups -OCH3 is 1. The van der Waals surface area contributed by atoms with E-state index in [2.05, 4.69) is 40.3 Å².